The summed E-state index contributed by atoms with van der Waals surface area (Å²) in [5.74, 6) is 1.78. The van der Waals surface area contributed by atoms with E-state index in [9.17, 15) is 0 Å². The van der Waals surface area contributed by atoms with Crippen LogP contribution in [-0.2, 0) is 0 Å². The molecule has 1 nitrogen and oxygen atoms in total. The van der Waals surface area contributed by atoms with Crippen molar-refractivity contribution >= 4 is 0 Å². The van der Waals surface area contributed by atoms with Crippen LogP contribution < -0.4 is 4.74 Å². The monoisotopic (exact) mass is 212 g/mol. The number of hydrogen-bond acceptors (Lipinski definition) is 1. The molecule has 0 spiro atoms. The number of ether oxygens (including phenoxy) is 1. The zero-order valence-electron chi connectivity index (χ0n) is 9.52. The first kappa shape index (κ1) is 10.7. The van der Waals surface area contributed by atoms with Crippen LogP contribution in [0.15, 0.2) is 66.0 Å². The van der Waals surface area contributed by atoms with Gasteiger partial charge in [0.05, 0.1) is 0 Å². The molecule has 0 saturated heterocycles. The number of benzene rings is 1. The van der Waals surface area contributed by atoms with Crippen molar-refractivity contribution in [2.75, 3.05) is 0 Å². The second-order valence-electron chi connectivity index (χ2n) is 3.77. The van der Waals surface area contributed by atoms with E-state index < -0.39 is 0 Å². The number of allylic oxidation sites excluding steroid dienone is 5. The molecule has 1 aliphatic carbocycles. The lowest BCUT2D eigenvalue weighted by Gasteiger charge is -2.04. The molecule has 1 aromatic rings. The van der Waals surface area contributed by atoms with Crippen LogP contribution in [0.5, 0.6) is 5.75 Å². The molecule has 0 radical (unpaired) electrons. The first-order chi connectivity index (χ1) is 7.88. The molecule has 0 amide bonds. The van der Waals surface area contributed by atoms with Gasteiger partial charge in [-0.25, -0.2) is 0 Å². The highest BCUT2D eigenvalue weighted by atomic mass is 16.5. The van der Waals surface area contributed by atoms with Gasteiger partial charge >= 0.3 is 0 Å². The molecule has 0 aliphatic heterocycles. The van der Waals surface area contributed by atoms with Crippen LogP contribution in [0.1, 0.15) is 19.8 Å². The Morgan fingerprint density at radius 2 is 1.94 bits per heavy atom. The summed E-state index contributed by atoms with van der Waals surface area (Å²) in [6.07, 6.45) is 10.5. The molecule has 0 fully saturated rings. The molecule has 0 bridgehead atoms. The van der Waals surface area contributed by atoms with Crippen molar-refractivity contribution in [3.63, 3.8) is 0 Å². The van der Waals surface area contributed by atoms with Gasteiger partial charge in [-0.3, -0.25) is 0 Å². The molecule has 1 aliphatic rings. The Hall–Kier alpha value is -1.76. The Balaban J connectivity index is 2.11. The third-order valence-electron chi connectivity index (χ3n) is 2.58. The minimum atomic E-state index is 0.881. The van der Waals surface area contributed by atoms with E-state index in [0.29, 0.717) is 0 Å². The minimum absolute atomic E-state index is 0.881. The number of rotatable bonds is 3. The van der Waals surface area contributed by atoms with Gasteiger partial charge in [0.15, 0.2) is 0 Å². The summed E-state index contributed by atoms with van der Waals surface area (Å²) in [7, 11) is 0. The summed E-state index contributed by atoms with van der Waals surface area (Å²) in [5.41, 5.74) is 1.43. The van der Waals surface area contributed by atoms with Crippen LogP contribution in [0.2, 0.25) is 0 Å². The second kappa shape index (κ2) is 5.36. The van der Waals surface area contributed by atoms with Crippen molar-refractivity contribution in [1.82, 2.24) is 0 Å². The second-order valence-corrected chi connectivity index (χ2v) is 3.77. The summed E-state index contributed by atoms with van der Waals surface area (Å²) < 4.78 is 5.76. The van der Waals surface area contributed by atoms with Crippen molar-refractivity contribution < 1.29 is 4.74 Å². The van der Waals surface area contributed by atoms with Gasteiger partial charge in [-0.2, -0.15) is 0 Å². The Morgan fingerprint density at radius 1 is 1.12 bits per heavy atom. The fourth-order valence-electron chi connectivity index (χ4n) is 1.60. The molecule has 0 heterocycles. The molecule has 82 valence electrons. The zero-order chi connectivity index (χ0) is 11.2. The van der Waals surface area contributed by atoms with E-state index in [1.807, 2.05) is 42.5 Å². The summed E-state index contributed by atoms with van der Waals surface area (Å²) in [6, 6.07) is 9.86. The molecule has 0 N–H and O–H groups in total. The molecule has 0 aromatic heterocycles. The van der Waals surface area contributed by atoms with E-state index in [-0.39, 0.29) is 0 Å². The SMILES string of the molecule is CCC1=CC=C(Oc2ccccc2)C=CC1. The van der Waals surface area contributed by atoms with E-state index in [1.54, 1.807) is 0 Å². The van der Waals surface area contributed by atoms with Crippen molar-refractivity contribution in [3.05, 3.63) is 66.0 Å². The maximum Gasteiger partial charge on any atom is 0.127 e. The zero-order valence-corrected chi connectivity index (χ0v) is 9.52. The Morgan fingerprint density at radius 3 is 2.69 bits per heavy atom. The Kier molecular flexibility index (Phi) is 3.60. The topological polar surface area (TPSA) is 9.23 Å². The van der Waals surface area contributed by atoms with Crippen molar-refractivity contribution in [2.45, 2.75) is 19.8 Å². The van der Waals surface area contributed by atoms with Gasteiger partial charge in [0.2, 0.25) is 0 Å². The normalized spacial score (nSPS) is 15.1. The van der Waals surface area contributed by atoms with Crippen LogP contribution in [0, 0.1) is 0 Å². The third-order valence-corrected chi connectivity index (χ3v) is 2.58. The maximum atomic E-state index is 5.76. The summed E-state index contributed by atoms with van der Waals surface area (Å²) >= 11 is 0. The largest absolute Gasteiger partial charge is 0.457 e. The van der Waals surface area contributed by atoms with Crippen LogP contribution in [0.4, 0.5) is 0 Å². The summed E-state index contributed by atoms with van der Waals surface area (Å²) in [6.45, 7) is 2.18. The van der Waals surface area contributed by atoms with E-state index in [4.69, 9.17) is 4.74 Å². The highest BCUT2D eigenvalue weighted by molar-refractivity contribution is 5.31. The predicted molar refractivity (Wildman–Crippen MR) is 67.3 cm³/mol. The van der Waals surface area contributed by atoms with Crippen LogP contribution in [0.25, 0.3) is 0 Å². The fourth-order valence-corrected chi connectivity index (χ4v) is 1.60. The predicted octanol–water partition coefficient (Wildman–Crippen LogP) is 4.25. The Bertz CT molecular complexity index is 424. The third kappa shape index (κ3) is 2.86. The van der Waals surface area contributed by atoms with Gasteiger partial charge in [-0.15, -0.1) is 0 Å². The van der Waals surface area contributed by atoms with E-state index in [1.165, 1.54) is 5.57 Å². The molecule has 0 saturated carbocycles. The lowest BCUT2D eigenvalue weighted by molar-refractivity contribution is 0.444. The molecule has 1 aromatic carbocycles. The van der Waals surface area contributed by atoms with E-state index in [0.717, 1.165) is 24.4 Å². The van der Waals surface area contributed by atoms with Gasteiger partial charge in [0.1, 0.15) is 11.5 Å². The molecule has 1 heteroatoms. The van der Waals surface area contributed by atoms with E-state index in [2.05, 4.69) is 19.1 Å². The van der Waals surface area contributed by atoms with Gasteiger partial charge in [-0.05, 0) is 37.1 Å². The Labute approximate surface area is 96.8 Å². The molecular weight excluding hydrogens is 196 g/mol. The number of para-hydroxylation sites is 1. The van der Waals surface area contributed by atoms with E-state index >= 15 is 0 Å². The molecular formula is C15H16O. The van der Waals surface area contributed by atoms with Gasteiger partial charge in [-0.1, -0.05) is 42.8 Å². The molecule has 0 atom stereocenters. The van der Waals surface area contributed by atoms with Crippen LogP contribution >= 0.6 is 0 Å². The lowest BCUT2D eigenvalue weighted by atomic mass is 10.1. The quantitative estimate of drug-likeness (QED) is 0.728. The average Bonchev–Trinajstić information content (AvgIpc) is 2.56. The van der Waals surface area contributed by atoms with Crippen molar-refractivity contribution in [3.8, 4) is 5.75 Å². The smallest absolute Gasteiger partial charge is 0.127 e. The van der Waals surface area contributed by atoms with Gasteiger partial charge < -0.3 is 4.74 Å². The first-order valence-corrected chi connectivity index (χ1v) is 5.67. The standard InChI is InChI=1S/C15H16O/c1-2-13-7-6-10-15(12-11-13)16-14-8-4-3-5-9-14/h3-6,8-12H,2,7H2,1H3. The van der Waals surface area contributed by atoms with Gasteiger partial charge in [0, 0.05) is 0 Å². The molecule has 0 unspecified atom stereocenters. The average molecular weight is 212 g/mol. The highest BCUT2D eigenvalue weighted by Crippen LogP contribution is 2.18. The van der Waals surface area contributed by atoms with Crippen LogP contribution in [-0.4, -0.2) is 0 Å². The minimum Gasteiger partial charge on any atom is -0.457 e. The molecule has 2 rings (SSSR count). The lowest BCUT2D eigenvalue weighted by Crippen LogP contribution is -1.90. The fraction of sp³-hybridized carbons (Fsp3) is 0.200. The van der Waals surface area contributed by atoms with Crippen LogP contribution in [0.3, 0.4) is 0 Å². The van der Waals surface area contributed by atoms with Crippen molar-refractivity contribution in [2.24, 2.45) is 0 Å². The summed E-state index contributed by atoms with van der Waals surface area (Å²) in [4.78, 5) is 0. The maximum absolute atomic E-state index is 5.76. The summed E-state index contributed by atoms with van der Waals surface area (Å²) in [5, 5.41) is 0. The van der Waals surface area contributed by atoms with Crippen molar-refractivity contribution in [1.29, 1.82) is 0 Å². The highest BCUT2D eigenvalue weighted by Gasteiger charge is 1.99. The first-order valence-electron chi connectivity index (χ1n) is 5.67. The number of hydrogen-bond donors (Lipinski definition) is 0. The van der Waals surface area contributed by atoms with Gasteiger partial charge in [0.25, 0.3) is 0 Å². The molecule has 16 heavy (non-hydrogen) atoms.